The number of carbonyl (C=O) groups is 1. The van der Waals surface area contributed by atoms with Gasteiger partial charge >= 0.3 is 5.97 Å². The summed E-state index contributed by atoms with van der Waals surface area (Å²) in [5.41, 5.74) is 3.89. The smallest absolute Gasteiger partial charge is 0.313 e. The first-order valence-corrected chi connectivity index (χ1v) is 11.9. The highest BCUT2D eigenvalue weighted by atomic mass is 16.7. The van der Waals surface area contributed by atoms with Crippen LogP contribution in [0.5, 0.6) is 0 Å². The number of hydrogen-bond donors (Lipinski definition) is 2. The van der Waals surface area contributed by atoms with Crippen molar-refractivity contribution in [1.29, 1.82) is 0 Å². The van der Waals surface area contributed by atoms with Gasteiger partial charge in [-0.05, 0) is 78.6 Å². The molecular weight excluding hydrogens is 408 g/mol. The summed E-state index contributed by atoms with van der Waals surface area (Å²) in [6, 6.07) is 0. The van der Waals surface area contributed by atoms with E-state index in [4.69, 9.17) is 9.47 Å². The zero-order valence-corrected chi connectivity index (χ0v) is 20.5. The molecule has 6 heteroatoms. The molecule has 3 atom stereocenters. The number of methoxy groups -OCH3 is 1. The van der Waals surface area contributed by atoms with Crippen molar-refractivity contribution in [1.82, 2.24) is 0 Å². The molecule has 2 N–H and O–H groups in total. The molecule has 1 aliphatic rings. The minimum absolute atomic E-state index is 0.0290. The summed E-state index contributed by atoms with van der Waals surface area (Å²) < 4.78 is 16.0. The molecule has 0 saturated carbocycles. The normalized spacial score (nSPS) is 20.2. The predicted octanol–water partition coefficient (Wildman–Crippen LogP) is 4.85. The molecule has 0 aromatic rings. The van der Waals surface area contributed by atoms with Gasteiger partial charge in [-0.2, -0.15) is 0 Å². The zero-order chi connectivity index (χ0) is 23.8. The molecule has 3 unspecified atom stereocenters. The van der Waals surface area contributed by atoms with E-state index in [0.717, 1.165) is 45.1 Å². The van der Waals surface area contributed by atoms with Crippen LogP contribution >= 0.6 is 0 Å². The SMILES string of the molecule is COC(=O)C(CO)C(O)CC/C(C)=C/CC/C(C)=C/CC/C(C)=C/COC1CCCCO1. The van der Waals surface area contributed by atoms with Gasteiger partial charge in [-0.3, -0.25) is 4.79 Å². The Morgan fingerprint density at radius 3 is 2.22 bits per heavy atom. The fourth-order valence-corrected chi connectivity index (χ4v) is 3.62. The number of ether oxygens (including phenoxy) is 3. The number of esters is 1. The van der Waals surface area contributed by atoms with Crippen LogP contribution in [0.2, 0.25) is 0 Å². The molecule has 0 amide bonds. The van der Waals surface area contributed by atoms with E-state index in [1.165, 1.54) is 30.2 Å². The van der Waals surface area contributed by atoms with Crippen molar-refractivity contribution in [2.75, 3.05) is 26.9 Å². The number of allylic oxidation sites excluding steroid dienone is 5. The third kappa shape index (κ3) is 12.5. The van der Waals surface area contributed by atoms with Gasteiger partial charge in [-0.1, -0.05) is 34.9 Å². The average molecular weight is 453 g/mol. The van der Waals surface area contributed by atoms with Crippen molar-refractivity contribution in [3.05, 3.63) is 34.9 Å². The van der Waals surface area contributed by atoms with Crippen LogP contribution in [0.1, 0.15) is 78.6 Å². The molecular formula is C26H44O6. The van der Waals surface area contributed by atoms with Crippen molar-refractivity contribution in [2.24, 2.45) is 5.92 Å². The molecule has 1 heterocycles. The van der Waals surface area contributed by atoms with Gasteiger partial charge in [0.15, 0.2) is 6.29 Å². The Bertz CT molecular complexity index is 616. The van der Waals surface area contributed by atoms with Gasteiger partial charge in [-0.15, -0.1) is 0 Å². The molecule has 0 bridgehead atoms. The quantitative estimate of drug-likeness (QED) is 0.273. The minimum atomic E-state index is -0.894. The Kier molecular flexibility index (Phi) is 15.2. The Balaban J connectivity index is 2.23. The summed E-state index contributed by atoms with van der Waals surface area (Å²) in [5, 5.41) is 19.4. The molecule has 0 aliphatic carbocycles. The highest BCUT2D eigenvalue weighted by molar-refractivity contribution is 5.73. The maximum Gasteiger partial charge on any atom is 0.313 e. The van der Waals surface area contributed by atoms with Gasteiger partial charge in [0.05, 0.1) is 26.4 Å². The lowest BCUT2D eigenvalue weighted by molar-refractivity contribution is -0.155. The van der Waals surface area contributed by atoms with Crippen molar-refractivity contribution in [2.45, 2.75) is 91.0 Å². The largest absolute Gasteiger partial charge is 0.469 e. The van der Waals surface area contributed by atoms with Crippen molar-refractivity contribution in [3.63, 3.8) is 0 Å². The Morgan fingerprint density at radius 2 is 1.66 bits per heavy atom. The first kappa shape index (κ1) is 28.6. The molecule has 32 heavy (non-hydrogen) atoms. The second-order valence-electron chi connectivity index (χ2n) is 8.78. The molecule has 1 saturated heterocycles. The summed E-state index contributed by atoms with van der Waals surface area (Å²) in [6.07, 6.45) is 14.2. The monoisotopic (exact) mass is 452 g/mol. The third-order valence-electron chi connectivity index (χ3n) is 5.91. The van der Waals surface area contributed by atoms with E-state index in [9.17, 15) is 15.0 Å². The first-order valence-electron chi connectivity index (χ1n) is 11.9. The molecule has 1 aliphatic heterocycles. The summed E-state index contributed by atoms with van der Waals surface area (Å²) in [5.74, 6) is -1.44. The summed E-state index contributed by atoms with van der Waals surface area (Å²) in [7, 11) is 1.26. The van der Waals surface area contributed by atoms with Crippen LogP contribution in [0, 0.1) is 5.92 Å². The number of aliphatic hydroxyl groups is 2. The van der Waals surface area contributed by atoms with E-state index in [1.807, 2.05) is 6.92 Å². The van der Waals surface area contributed by atoms with Crippen LogP contribution in [0.25, 0.3) is 0 Å². The average Bonchev–Trinajstić information content (AvgIpc) is 2.78. The Hall–Kier alpha value is -1.47. The van der Waals surface area contributed by atoms with E-state index in [2.05, 4.69) is 36.8 Å². The van der Waals surface area contributed by atoms with Gasteiger partial charge in [0.2, 0.25) is 0 Å². The van der Waals surface area contributed by atoms with Crippen molar-refractivity contribution < 1.29 is 29.2 Å². The zero-order valence-electron chi connectivity index (χ0n) is 20.5. The number of rotatable bonds is 15. The second-order valence-corrected chi connectivity index (χ2v) is 8.78. The van der Waals surface area contributed by atoms with Gasteiger partial charge in [0.25, 0.3) is 0 Å². The molecule has 0 aromatic carbocycles. The fraction of sp³-hybridized carbons (Fsp3) is 0.731. The highest BCUT2D eigenvalue weighted by Gasteiger charge is 2.26. The molecule has 0 spiro atoms. The number of carbonyl (C=O) groups excluding carboxylic acids is 1. The molecule has 0 aromatic heterocycles. The van der Waals surface area contributed by atoms with Crippen LogP contribution in [0.15, 0.2) is 34.9 Å². The predicted molar refractivity (Wildman–Crippen MR) is 127 cm³/mol. The van der Waals surface area contributed by atoms with E-state index in [1.54, 1.807) is 0 Å². The fourth-order valence-electron chi connectivity index (χ4n) is 3.62. The van der Waals surface area contributed by atoms with E-state index >= 15 is 0 Å². The van der Waals surface area contributed by atoms with E-state index < -0.39 is 24.6 Å². The van der Waals surface area contributed by atoms with Crippen LogP contribution in [-0.4, -0.2) is 55.5 Å². The Morgan fingerprint density at radius 1 is 1.03 bits per heavy atom. The van der Waals surface area contributed by atoms with Crippen LogP contribution in [0.3, 0.4) is 0 Å². The number of hydrogen-bond acceptors (Lipinski definition) is 6. The van der Waals surface area contributed by atoms with E-state index in [-0.39, 0.29) is 6.29 Å². The van der Waals surface area contributed by atoms with Crippen LogP contribution in [-0.2, 0) is 19.0 Å². The molecule has 1 fully saturated rings. The van der Waals surface area contributed by atoms with Crippen LogP contribution < -0.4 is 0 Å². The topological polar surface area (TPSA) is 85.2 Å². The lowest BCUT2D eigenvalue weighted by atomic mass is 9.96. The van der Waals surface area contributed by atoms with Crippen LogP contribution in [0.4, 0.5) is 0 Å². The van der Waals surface area contributed by atoms with Gasteiger partial charge < -0.3 is 24.4 Å². The molecule has 1 rings (SSSR count). The summed E-state index contributed by atoms with van der Waals surface area (Å²) >= 11 is 0. The molecule has 0 radical (unpaired) electrons. The lowest BCUT2D eigenvalue weighted by Crippen LogP contribution is -2.32. The van der Waals surface area contributed by atoms with Crippen molar-refractivity contribution >= 4 is 5.97 Å². The Labute approximate surface area is 194 Å². The summed E-state index contributed by atoms with van der Waals surface area (Å²) in [4.78, 5) is 11.5. The van der Waals surface area contributed by atoms with Gasteiger partial charge in [0, 0.05) is 6.61 Å². The molecule has 6 nitrogen and oxygen atoms in total. The maximum atomic E-state index is 11.5. The second kappa shape index (κ2) is 17.1. The highest BCUT2D eigenvalue weighted by Crippen LogP contribution is 2.17. The van der Waals surface area contributed by atoms with Gasteiger partial charge in [-0.25, -0.2) is 0 Å². The lowest BCUT2D eigenvalue weighted by Gasteiger charge is -2.22. The van der Waals surface area contributed by atoms with E-state index in [0.29, 0.717) is 19.4 Å². The number of aliphatic hydroxyl groups excluding tert-OH is 2. The first-order chi connectivity index (χ1) is 15.4. The molecule has 184 valence electrons. The van der Waals surface area contributed by atoms with Crippen molar-refractivity contribution in [3.8, 4) is 0 Å². The minimum Gasteiger partial charge on any atom is -0.469 e. The third-order valence-corrected chi connectivity index (χ3v) is 5.91. The summed E-state index contributed by atoms with van der Waals surface area (Å²) in [6.45, 7) is 7.38. The standard InChI is InChI=1S/C26H44O6/c1-20(10-8-12-22(3)16-18-32-25-13-5-6-17-31-25)9-7-11-21(2)14-15-24(28)23(19-27)26(29)30-4/h10-11,16,23-25,27-28H,5-9,12-15,17-19H2,1-4H3/b20-10+,21-11+,22-16+. The maximum absolute atomic E-state index is 11.5. The van der Waals surface area contributed by atoms with Gasteiger partial charge in [0.1, 0.15) is 5.92 Å².